The molecule has 24 heavy (non-hydrogen) atoms. The minimum absolute atomic E-state index is 0.191. The van der Waals surface area contributed by atoms with Gasteiger partial charge in [-0.3, -0.25) is 4.79 Å². The highest BCUT2D eigenvalue weighted by Crippen LogP contribution is 2.30. The monoisotopic (exact) mass is 330 g/mol. The highest BCUT2D eigenvalue weighted by atomic mass is 16.5. The summed E-state index contributed by atoms with van der Waals surface area (Å²) in [7, 11) is 1.54. The maximum atomic E-state index is 12.1. The Kier molecular flexibility index (Phi) is 5.57. The summed E-state index contributed by atoms with van der Waals surface area (Å²) >= 11 is 0. The van der Waals surface area contributed by atoms with Gasteiger partial charge in [-0.25, -0.2) is 9.78 Å². The number of rotatable bonds is 5. The number of amides is 2. The predicted molar refractivity (Wildman–Crippen MR) is 93.6 cm³/mol. The van der Waals surface area contributed by atoms with Gasteiger partial charge in [0.15, 0.2) is 0 Å². The van der Waals surface area contributed by atoms with Gasteiger partial charge in [0.2, 0.25) is 0 Å². The van der Waals surface area contributed by atoms with Gasteiger partial charge in [0.05, 0.1) is 12.2 Å². The van der Waals surface area contributed by atoms with Crippen molar-refractivity contribution in [1.29, 1.82) is 0 Å². The van der Waals surface area contributed by atoms with Crippen molar-refractivity contribution in [1.82, 2.24) is 15.3 Å². The molecule has 7 nitrogen and oxygen atoms in total. The molecule has 2 aromatic rings. The van der Waals surface area contributed by atoms with Crippen LogP contribution in [0.2, 0.25) is 0 Å². The number of nitrogens with zero attached hydrogens (tertiary/aromatic N) is 1. The van der Waals surface area contributed by atoms with Gasteiger partial charge in [-0.2, -0.15) is 0 Å². The number of ether oxygens (including phenoxy) is 1. The van der Waals surface area contributed by atoms with Gasteiger partial charge in [-0.1, -0.05) is 6.92 Å². The van der Waals surface area contributed by atoms with Crippen LogP contribution in [0.5, 0.6) is 5.75 Å². The number of nitrogens with one attached hydrogen (secondary N) is 3. The number of carbonyl (C=O) groups excluding carboxylic acids is 1. The van der Waals surface area contributed by atoms with E-state index in [9.17, 15) is 9.59 Å². The average Bonchev–Trinajstić information content (AvgIpc) is 2.57. The fourth-order valence-corrected chi connectivity index (χ4v) is 2.10. The summed E-state index contributed by atoms with van der Waals surface area (Å²) < 4.78 is 5.75. The SMILES string of the molecule is CCCOc1ccc(NC(=O)NC)cc1-c1nc(C)c(C)c(=O)[nH]1. The summed E-state index contributed by atoms with van der Waals surface area (Å²) in [6.07, 6.45) is 0.856. The van der Waals surface area contributed by atoms with Gasteiger partial charge in [0.1, 0.15) is 11.6 Å². The van der Waals surface area contributed by atoms with Gasteiger partial charge >= 0.3 is 6.03 Å². The minimum atomic E-state index is -0.329. The van der Waals surface area contributed by atoms with Crippen LogP contribution in [0.25, 0.3) is 11.4 Å². The molecule has 2 amide bonds. The molecule has 7 heteroatoms. The molecule has 1 aromatic heterocycles. The van der Waals surface area contributed by atoms with Crippen LogP contribution < -0.4 is 20.9 Å². The lowest BCUT2D eigenvalue weighted by atomic mass is 10.1. The Labute approximate surface area is 140 Å². The van der Waals surface area contributed by atoms with Crippen LogP contribution >= 0.6 is 0 Å². The first-order chi connectivity index (χ1) is 11.5. The molecule has 0 unspecified atom stereocenters. The van der Waals surface area contributed by atoms with Crippen LogP contribution in [0.3, 0.4) is 0 Å². The van der Waals surface area contributed by atoms with Gasteiger partial charge in [-0.15, -0.1) is 0 Å². The molecule has 0 atom stereocenters. The van der Waals surface area contributed by atoms with Crippen LogP contribution in [0, 0.1) is 13.8 Å². The normalized spacial score (nSPS) is 10.3. The lowest BCUT2D eigenvalue weighted by Crippen LogP contribution is -2.24. The number of aryl methyl sites for hydroxylation is 1. The molecule has 0 spiro atoms. The molecule has 0 radical (unpaired) electrons. The quantitative estimate of drug-likeness (QED) is 0.785. The van der Waals surface area contributed by atoms with Crippen molar-refractivity contribution < 1.29 is 9.53 Å². The third-order valence-corrected chi connectivity index (χ3v) is 3.58. The molecule has 128 valence electrons. The second-order valence-corrected chi connectivity index (χ2v) is 5.39. The lowest BCUT2D eigenvalue weighted by Gasteiger charge is -2.13. The average molecular weight is 330 g/mol. The number of carbonyl (C=O) groups is 1. The Morgan fingerprint density at radius 1 is 1.33 bits per heavy atom. The Hall–Kier alpha value is -2.83. The van der Waals surface area contributed by atoms with Crippen molar-refractivity contribution in [3.05, 3.63) is 39.8 Å². The number of anilines is 1. The Balaban J connectivity index is 2.52. The summed E-state index contributed by atoms with van der Waals surface area (Å²) in [6.45, 7) is 6.07. The molecule has 0 aliphatic rings. The predicted octanol–water partition coefficient (Wildman–Crippen LogP) is 2.59. The summed E-state index contributed by atoms with van der Waals surface area (Å²) in [5, 5.41) is 5.19. The van der Waals surface area contributed by atoms with E-state index in [1.807, 2.05) is 6.92 Å². The molecule has 0 aliphatic heterocycles. The third-order valence-electron chi connectivity index (χ3n) is 3.58. The molecule has 0 fully saturated rings. The second kappa shape index (κ2) is 7.63. The summed E-state index contributed by atoms with van der Waals surface area (Å²) in [5.74, 6) is 1.01. The van der Waals surface area contributed by atoms with E-state index in [0.717, 1.165) is 6.42 Å². The van der Waals surface area contributed by atoms with Gasteiger partial charge in [0.25, 0.3) is 5.56 Å². The van der Waals surface area contributed by atoms with Crippen molar-refractivity contribution in [2.24, 2.45) is 0 Å². The van der Waals surface area contributed by atoms with E-state index in [2.05, 4.69) is 20.6 Å². The number of aromatic nitrogens is 2. The van der Waals surface area contributed by atoms with Crippen LogP contribution in [0.15, 0.2) is 23.0 Å². The van der Waals surface area contributed by atoms with E-state index in [1.165, 1.54) is 7.05 Å². The van der Waals surface area contributed by atoms with Gasteiger partial charge in [-0.05, 0) is 38.5 Å². The highest BCUT2D eigenvalue weighted by Gasteiger charge is 2.13. The van der Waals surface area contributed by atoms with E-state index in [1.54, 1.807) is 32.0 Å². The molecule has 1 aromatic carbocycles. The molecule has 0 saturated heterocycles. The van der Waals surface area contributed by atoms with Gasteiger partial charge in [0, 0.05) is 24.0 Å². The largest absolute Gasteiger partial charge is 0.493 e. The number of hydrogen-bond acceptors (Lipinski definition) is 4. The first-order valence-electron chi connectivity index (χ1n) is 7.79. The number of aromatic amines is 1. The Bertz CT molecular complexity index is 799. The topological polar surface area (TPSA) is 96.1 Å². The van der Waals surface area contributed by atoms with Crippen LogP contribution in [0.4, 0.5) is 10.5 Å². The first kappa shape index (κ1) is 17.5. The molecule has 0 bridgehead atoms. The smallest absolute Gasteiger partial charge is 0.318 e. The maximum Gasteiger partial charge on any atom is 0.318 e. The van der Waals surface area contributed by atoms with Crippen molar-refractivity contribution in [3.63, 3.8) is 0 Å². The van der Waals surface area contributed by atoms with Crippen LogP contribution in [-0.4, -0.2) is 29.7 Å². The zero-order chi connectivity index (χ0) is 17.7. The van der Waals surface area contributed by atoms with E-state index in [4.69, 9.17) is 4.74 Å². The molecule has 1 heterocycles. The fraction of sp³-hybridized carbons (Fsp3) is 0.353. The second-order valence-electron chi connectivity index (χ2n) is 5.39. The third kappa shape index (κ3) is 3.92. The van der Waals surface area contributed by atoms with Crippen molar-refractivity contribution >= 4 is 11.7 Å². The maximum absolute atomic E-state index is 12.1. The lowest BCUT2D eigenvalue weighted by molar-refractivity contribution is 0.254. The fourth-order valence-electron chi connectivity index (χ4n) is 2.10. The molecule has 0 aliphatic carbocycles. The van der Waals surface area contributed by atoms with E-state index >= 15 is 0 Å². The van der Waals surface area contributed by atoms with Crippen LogP contribution in [0.1, 0.15) is 24.6 Å². The Morgan fingerprint density at radius 2 is 2.08 bits per heavy atom. The molecule has 3 N–H and O–H groups in total. The van der Waals surface area contributed by atoms with Crippen molar-refractivity contribution in [2.75, 3.05) is 19.0 Å². The summed E-state index contributed by atoms with van der Waals surface area (Å²) in [6, 6.07) is 4.89. The molecular formula is C17H22N4O3. The highest BCUT2D eigenvalue weighted by molar-refractivity contribution is 5.90. The number of benzene rings is 1. The van der Waals surface area contributed by atoms with E-state index < -0.39 is 0 Å². The van der Waals surface area contributed by atoms with Crippen molar-refractivity contribution in [2.45, 2.75) is 27.2 Å². The molecular weight excluding hydrogens is 308 g/mol. The van der Waals surface area contributed by atoms with E-state index in [0.29, 0.717) is 40.7 Å². The number of H-pyrrole nitrogens is 1. The zero-order valence-electron chi connectivity index (χ0n) is 14.3. The first-order valence-corrected chi connectivity index (χ1v) is 7.79. The van der Waals surface area contributed by atoms with Crippen molar-refractivity contribution in [3.8, 4) is 17.1 Å². The standard InChI is InChI=1S/C17H22N4O3/c1-5-8-24-14-7-6-12(20-17(23)18-4)9-13(14)15-19-11(3)10(2)16(22)21-15/h6-7,9H,5,8H2,1-4H3,(H2,18,20,23)(H,19,21,22). The number of urea groups is 1. The van der Waals surface area contributed by atoms with Crippen LogP contribution in [-0.2, 0) is 0 Å². The summed E-state index contributed by atoms with van der Waals surface area (Å²) in [5.41, 5.74) is 2.24. The summed E-state index contributed by atoms with van der Waals surface area (Å²) in [4.78, 5) is 30.8. The van der Waals surface area contributed by atoms with Gasteiger partial charge < -0.3 is 20.4 Å². The number of hydrogen-bond donors (Lipinski definition) is 3. The van der Waals surface area contributed by atoms with E-state index in [-0.39, 0.29) is 11.6 Å². The zero-order valence-corrected chi connectivity index (χ0v) is 14.3. The minimum Gasteiger partial charge on any atom is -0.493 e. The Morgan fingerprint density at radius 3 is 2.71 bits per heavy atom. The molecule has 0 saturated carbocycles. The molecule has 2 rings (SSSR count).